The molecule has 1 aromatic carbocycles. The van der Waals surface area contributed by atoms with E-state index in [0.29, 0.717) is 0 Å². The molecule has 0 aliphatic carbocycles. The second kappa shape index (κ2) is 5.80. The zero-order valence-electron chi connectivity index (χ0n) is 9.63. The molecule has 1 aromatic heterocycles. The van der Waals surface area contributed by atoms with Crippen molar-refractivity contribution in [3.8, 4) is 0 Å². The molecule has 11 heteroatoms. The number of H-pyrrole nitrogens is 1. The number of carbonyl (C=O) groups is 1. The highest BCUT2D eigenvalue weighted by atomic mass is 35.5. The highest BCUT2D eigenvalue weighted by molar-refractivity contribution is 6.43. The molecule has 0 aliphatic rings. The van der Waals surface area contributed by atoms with Crippen molar-refractivity contribution in [1.29, 1.82) is 0 Å². The van der Waals surface area contributed by atoms with Gasteiger partial charge in [-0.15, -0.1) is 10.2 Å². The topological polar surface area (TPSA) is 127 Å². The predicted molar refractivity (Wildman–Crippen MR) is 68.5 cm³/mol. The van der Waals surface area contributed by atoms with Crippen molar-refractivity contribution in [3.05, 3.63) is 43.7 Å². The van der Waals surface area contributed by atoms with Gasteiger partial charge in [0.05, 0.1) is 16.5 Å². The number of nitrogens with one attached hydrogen (secondary N) is 2. The predicted octanol–water partition coefficient (Wildman–Crippen LogP) is 1.34. The lowest BCUT2D eigenvalue weighted by molar-refractivity contribution is -0.384. The van der Waals surface area contributed by atoms with Gasteiger partial charge >= 0.3 is 0 Å². The lowest BCUT2D eigenvalue weighted by Crippen LogP contribution is -2.23. The number of carbonyl (C=O) groups excluding carboxylic acids is 1. The van der Waals surface area contributed by atoms with Crippen LogP contribution in [0.25, 0.3) is 0 Å². The second-order valence-electron chi connectivity index (χ2n) is 3.56. The van der Waals surface area contributed by atoms with E-state index in [1.54, 1.807) is 0 Å². The Balaban J connectivity index is 2.19. The lowest BCUT2D eigenvalue weighted by atomic mass is 10.2. The van der Waals surface area contributed by atoms with Crippen molar-refractivity contribution in [3.63, 3.8) is 0 Å². The van der Waals surface area contributed by atoms with Crippen LogP contribution in [0.2, 0.25) is 10.0 Å². The summed E-state index contributed by atoms with van der Waals surface area (Å²) in [5, 5.41) is 25.8. The summed E-state index contributed by atoms with van der Waals surface area (Å²) in [6.45, 7) is 0.0172. The van der Waals surface area contributed by atoms with Crippen LogP contribution in [0, 0.1) is 10.1 Å². The minimum atomic E-state index is -0.718. The Morgan fingerprint density at radius 1 is 1.45 bits per heavy atom. The van der Waals surface area contributed by atoms with Crippen LogP contribution in [0.4, 0.5) is 5.69 Å². The molecule has 0 saturated carbocycles. The van der Waals surface area contributed by atoms with Crippen LogP contribution in [-0.2, 0) is 6.54 Å². The second-order valence-corrected chi connectivity index (χ2v) is 4.34. The summed E-state index contributed by atoms with van der Waals surface area (Å²) in [5.74, 6) is -0.302. The molecule has 0 unspecified atom stereocenters. The molecular formula is C9H6Cl2N6O3. The van der Waals surface area contributed by atoms with E-state index in [9.17, 15) is 14.9 Å². The van der Waals surface area contributed by atoms with E-state index < -0.39 is 16.5 Å². The van der Waals surface area contributed by atoms with Crippen LogP contribution >= 0.6 is 23.2 Å². The number of hydrogen-bond donors (Lipinski definition) is 2. The van der Waals surface area contributed by atoms with E-state index in [0.717, 1.165) is 6.07 Å². The molecule has 0 saturated heterocycles. The number of hydrogen-bond acceptors (Lipinski definition) is 6. The lowest BCUT2D eigenvalue weighted by Gasteiger charge is -2.05. The summed E-state index contributed by atoms with van der Waals surface area (Å²) >= 11 is 11.4. The van der Waals surface area contributed by atoms with Crippen molar-refractivity contribution in [2.45, 2.75) is 6.54 Å². The fourth-order valence-electron chi connectivity index (χ4n) is 1.36. The first-order chi connectivity index (χ1) is 9.49. The number of aromatic nitrogens is 4. The molecule has 0 atom stereocenters. The van der Waals surface area contributed by atoms with Gasteiger partial charge < -0.3 is 5.32 Å². The van der Waals surface area contributed by atoms with E-state index in [-0.39, 0.29) is 28.0 Å². The van der Waals surface area contributed by atoms with Gasteiger partial charge in [0.2, 0.25) is 0 Å². The maximum atomic E-state index is 11.9. The van der Waals surface area contributed by atoms with Gasteiger partial charge in [0, 0.05) is 11.6 Å². The van der Waals surface area contributed by atoms with Gasteiger partial charge in [-0.25, -0.2) is 0 Å². The van der Waals surface area contributed by atoms with Crippen LogP contribution < -0.4 is 5.32 Å². The summed E-state index contributed by atoms with van der Waals surface area (Å²) in [4.78, 5) is 21.9. The van der Waals surface area contributed by atoms with E-state index >= 15 is 0 Å². The maximum absolute atomic E-state index is 11.9. The summed E-state index contributed by atoms with van der Waals surface area (Å²) in [7, 11) is 0. The Kier molecular flexibility index (Phi) is 4.11. The fourth-order valence-corrected chi connectivity index (χ4v) is 1.75. The van der Waals surface area contributed by atoms with Gasteiger partial charge in [-0.2, -0.15) is 5.21 Å². The molecule has 0 aliphatic heterocycles. The zero-order valence-corrected chi connectivity index (χ0v) is 11.1. The Morgan fingerprint density at radius 3 is 2.80 bits per heavy atom. The molecule has 2 N–H and O–H groups in total. The van der Waals surface area contributed by atoms with Crippen molar-refractivity contribution >= 4 is 34.8 Å². The zero-order chi connectivity index (χ0) is 14.7. The number of benzene rings is 1. The van der Waals surface area contributed by atoms with Crippen molar-refractivity contribution < 1.29 is 9.72 Å². The third-order valence-electron chi connectivity index (χ3n) is 2.26. The SMILES string of the molecule is O=C(NCc1nn[nH]n1)c1cc(Cl)c(Cl)c([N+](=O)[O-])c1. The molecule has 1 heterocycles. The minimum absolute atomic E-state index is 0.00888. The van der Waals surface area contributed by atoms with Crippen LogP contribution in [0.15, 0.2) is 12.1 Å². The van der Waals surface area contributed by atoms with Gasteiger partial charge in [0.15, 0.2) is 5.82 Å². The van der Waals surface area contributed by atoms with Gasteiger partial charge in [0.25, 0.3) is 11.6 Å². The Hall–Kier alpha value is -2.26. The average molecular weight is 317 g/mol. The normalized spacial score (nSPS) is 10.3. The summed E-state index contributed by atoms with van der Waals surface area (Å²) < 4.78 is 0. The standard InChI is InChI=1S/C9H6Cl2N6O3/c10-5-1-4(2-6(8(5)11)17(19)20)9(18)12-3-7-13-15-16-14-7/h1-2H,3H2,(H,12,18)(H,13,14,15,16). The van der Waals surface area contributed by atoms with Gasteiger partial charge in [-0.05, 0) is 6.07 Å². The first-order valence-electron chi connectivity index (χ1n) is 5.13. The average Bonchev–Trinajstić information content (AvgIpc) is 2.91. The van der Waals surface area contributed by atoms with E-state index in [1.165, 1.54) is 6.07 Å². The molecule has 0 bridgehead atoms. The van der Waals surface area contributed by atoms with Crippen LogP contribution in [0.3, 0.4) is 0 Å². The number of aromatic amines is 1. The maximum Gasteiger partial charge on any atom is 0.290 e. The van der Waals surface area contributed by atoms with Gasteiger partial charge in [0.1, 0.15) is 5.02 Å². The largest absolute Gasteiger partial charge is 0.345 e. The van der Waals surface area contributed by atoms with E-state index in [1.807, 2.05) is 0 Å². The van der Waals surface area contributed by atoms with Gasteiger partial charge in [-0.1, -0.05) is 28.4 Å². The molecule has 9 nitrogen and oxygen atoms in total. The Morgan fingerprint density at radius 2 is 2.20 bits per heavy atom. The number of amides is 1. The molecule has 0 fully saturated rings. The molecule has 104 valence electrons. The highest BCUT2D eigenvalue weighted by Gasteiger charge is 2.20. The number of rotatable bonds is 4. The van der Waals surface area contributed by atoms with Crippen LogP contribution in [-0.4, -0.2) is 31.5 Å². The number of nitro groups is 1. The van der Waals surface area contributed by atoms with E-state index in [4.69, 9.17) is 23.2 Å². The van der Waals surface area contributed by atoms with Gasteiger partial charge in [-0.3, -0.25) is 14.9 Å². The molecule has 2 aromatic rings. The minimum Gasteiger partial charge on any atom is -0.345 e. The quantitative estimate of drug-likeness (QED) is 0.647. The third-order valence-corrected chi connectivity index (χ3v) is 3.06. The van der Waals surface area contributed by atoms with Crippen molar-refractivity contribution in [1.82, 2.24) is 25.9 Å². The van der Waals surface area contributed by atoms with E-state index in [2.05, 4.69) is 25.9 Å². The number of tetrazole rings is 1. The smallest absolute Gasteiger partial charge is 0.290 e. The van der Waals surface area contributed by atoms with Crippen LogP contribution in [0.5, 0.6) is 0 Å². The summed E-state index contributed by atoms with van der Waals surface area (Å²) in [6.07, 6.45) is 0. The van der Waals surface area contributed by atoms with Crippen LogP contribution in [0.1, 0.15) is 16.2 Å². The van der Waals surface area contributed by atoms with Crippen molar-refractivity contribution in [2.24, 2.45) is 0 Å². The molecule has 2 rings (SSSR count). The number of nitro benzene ring substituents is 1. The Bertz CT molecular complexity index is 660. The summed E-state index contributed by atoms with van der Waals surface area (Å²) in [5.41, 5.74) is -0.432. The highest BCUT2D eigenvalue weighted by Crippen LogP contribution is 2.32. The first-order valence-corrected chi connectivity index (χ1v) is 5.88. The van der Waals surface area contributed by atoms with Crippen molar-refractivity contribution in [2.75, 3.05) is 0 Å². The third kappa shape index (κ3) is 3.00. The first kappa shape index (κ1) is 14.2. The molecule has 1 amide bonds. The monoisotopic (exact) mass is 316 g/mol. The Labute approximate surface area is 121 Å². The summed E-state index contributed by atoms with van der Waals surface area (Å²) in [6, 6.07) is 2.28. The fraction of sp³-hybridized carbons (Fsp3) is 0.111. The molecule has 0 spiro atoms. The molecular weight excluding hydrogens is 311 g/mol. The number of halogens is 2. The molecule has 0 radical (unpaired) electrons. The molecule has 20 heavy (non-hydrogen) atoms. The number of nitrogens with zero attached hydrogens (tertiary/aromatic N) is 4.